The van der Waals surface area contributed by atoms with E-state index in [2.05, 4.69) is 37.0 Å². The molecule has 0 aliphatic heterocycles. The van der Waals surface area contributed by atoms with Gasteiger partial charge in [0.15, 0.2) is 0 Å². The Balaban J connectivity index is -0.000000175. The molecule has 0 aliphatic carbocycles. The highest BCUT2D eigenvalue weighted by atomic mass is 16.1. The fourth-order valence-corrected chi connectivity index (χ4v) is 1.60. The van der Waals surface area contributed by atoms with Crippen molar-refractivity contribution in [3.63, 3.8) is 0 Å². The average Bonchev–Trinajstić information content (AvgIpc) is 2.79. The number of rotatable bonds is 7. The van der Waals surface area contributed by atoms with Gasteiger partial charge in [0.25, 0.3) is 0 Å². The van der Waals surface area contributed by atoms with Crippen LogP contribution in [0.15, 0.2) is 96.2 Å². The van der Waals surface area contributed by atoms with Crippen molar-refractivity contribution in [2.24, 2.45) is 10.7 Å². The number of carbonyl (C=O) groups excluding carboxylic acids is 1. The predicted octanol–water partition coefficient (Wildman–Crippen LogP) is 7.24. The van der Waals surface area contributed by atoms with E-state index in [4.69, 9.17) is 5.73 Å². The van der Waals surface area contributed by atoms with E-state index in [0.29, 0.717) is 5.57 Å². The van der Waals surface area contributed by atoms with Gasteiger partial charge in [-0.05, 0) is 31.4 Å². The highest BCUT2D eigenvalue weighted by Gasteiger charge is 1.95. The van der Waals surface area contributed by atoms with Crippen LogP contribution < -0.4 is 5.73 Å². The summed E-state index contributed by atoms with van der Waals surface area (Å²) in [4.78, 5) is 14.4. The lowest BCUT2D eigenvalue weighted by molar-refractivity contribution is -0.114. The van der Waals surface area contributed by atoms with Gasteiger partial charge in [-0.25, -0.2) is 0 Å². The van der Waals surface area contributed by atoms with E-state index < -0.39 is 5.91 Å². The molecule has 0 aliphatic rings. The molecule has 0 heterocycles. The highest BCUT2D eigenvalue weighted by Crippen LogP contribution is 2.08. The molecule has 0 saturated carbocycles. The van der Waals surface area contributed by atoms with Crippen molar-refractivity contribution < 1.29 is 4.79 Å². The zero-order chi connectivity index (χ0) is 23.5. The first kappa shape index (κ1) is 33.6. The summed E-state index contributed by atoms with van der Waals surface area (Å²) in [7, 11) is 0. The molecule has 0 spiro atoms. The fourth-order valence-electron chi connectivity index (χ4n) is 1.60. The summed E-state index contributed by atoms with van der Waals surface area (Å²) in [5, 5.41) is 0. The second kappa shape index (κ2) is 29.8. The lowest BCUT2D eigenvalue weighted by Crippen LogP contribution is -2.11. The van der Waals surface area contributed by atoms with Crippen molar-refractivity contribution in [1.82, 2.24) is 0 Å². The monoisotopic (exact) mass is 398 g/mol. The van der Waals surface area contributed by atoms with Crippen LogP contribution in [0.4, 0.5) is 0 Å². The Bertz CT molecular complexity index is 609. The van der Waals surface area contributed by atoms with Crippen LogP contribution >= 0.6 is 0 Å². The van der Waals surface area contributed by atoms with Gasteiger partial charge in [-0.2, -0.15) is 0 Å². The largest absolute Gasteiger partial charge is 0.366 e. The van der Waals surface area contributed by atoms with Crippen molar-refractivity contribution >= 4 is 12.6 Å². The lowest BCUT2D eigenvalue weighted by Gasteiger charge is -1.99. The van der Waals surface area contributed by atoms with E-state index in [1.54, 1.807) is 37.3 Å². The van der Waals surface area contributed by atoms with Crippen LogP contribution in [0, 0.1) is 0 Å². The summed E-state index contributed by atoms with van der Waals surface area (Å²) in [6.45, 7) is 24.4. The maximum atomic E-state index is 10.5. The molecule has 0 fully saturated rings. The number of hydrogen-bond donors (Lipinski definition) is 1. The molecular formula is C26H42N2O. The van der Waals surface area contributed by atoms with Crippen LogP contribution in [0.5, 0.6) is 0 Å². The van der Waals surface area contributed by atoms with Gasteiger partial charge in [-0.15, -0.1) is 0 Å². The molecule has 0 saturated heterocycles. The predicted molar refractivity (Wildman–Crippen MR) is 134 cm³/mol. The molecule has 3 nitrogen and oxygen atoms in total. The van der Waals surface area contributed by atoms with Crippen molar-refractivity contribution in [2.45, 2.75) is 54.9 Å². The molecule has 1 amide bonds. The van der Waals surface area contributed by atoms with Crippen molar-refractivity contribution in [1.29, 1.82) is 0 Å². The average molecular weight is 399 g/mol. The summed E-state index contributed by atoms with van der Waals surface area (Å²) < 4.78 is 0. The number of hydrogen-bond acceptors (Lipinski definition) is 2. The number of primary amides is 1. The van der Waals surface area contributed by atoms with Crippen molar-refractivity contribution in [3.8, 4) is 0 Å². The SMILES string of the molecule is C=C/C=C(/Cc1ccccc1)N=C.C=C/C=C\C(=C/C)C(N)=O.CC.CC.CC. The molecule has 1 rings (SSSR count). The minimum atomic E-state index is -0.416. The standard InChI is InChI=1S/C12H13N.C8H11NO.3C2H6/c1-3-7-12(13-2)10-11-8-5-4-6-9-11;1-3-5-6-7(4-2)8(9)10;3*1-2/h3-9H,1-2,10H2;3-6H,1H2,2H3,(H2,9,10);3*1-2H3/b12-7-;6-5-,7-4+;;;. The number of carbonyl (C=O) groups is 1. The quantitative estimate of drug-likeness (QED) is 0.294. The van der Waals surface area contributed by atoms with Gasteiger partial charge in [0.1, 0.15) is 0 Å². The third kappa shape index (κ3) is 23.0. The minimum Gasteiger partial charge on any atom is -0.366 e. The minimum absolute atomic E-state index is 0.416. The van der Waals surface area contributed by atoms with E-state index in [1.807, 2.05) is 65.8 Å². The van der Waals surface area contributed by atoms with Crippen LogP contribution in [0.1, 0.15) is 54.0 Å². The molecule has 0 unspecified atom stereocenters. The Hall–Kier alpha value is -2.94. The maximum Gasteiger partial charge on any atom is 0.248 e. The Kier molecular flexibility index (Phi) is 34.6. The van der Waals surface area contributed by atoms with Crippen LogP contribution in [-0.2, 0) is 11.2 Å². The van der Waals surface area contributed by atoms with E-state index in [0.717, 1.165) is 12.1 Å². The number of benzene rings is 1. The highest BCUT2D eigenvalue weighted by molar-refractivity contribution is 5.94. The van der Waals surface area contributed by atoms with Gasteiger partial charge in [0, 0.05) is 17.7 Å². The molecule has 0 radical (unpaired) electrons. The lowest BCUT2D eigenvalue weighted by atomic mass is 10.1. The zero-order valence-corrected chi connectivity index (χ0v) is 19.6. The number of amides is 1. The van der Waals surface area contributed by atoms with Gasteiger partial charge in [0.05, 0.1) is 0 Å². The Morgan fingerprint density at radius 3 is 1.86 bits per heavy atom. The molecule has 0 atom stereocenters. The molecule has 3 heteroatoms. The Labute approximate surface area is 180 Å². The van der Waals surface area contributed by atoms with E-state index >= 15 is 0 Å². The molecule has 29 heavy (non-hydrogen) atoms. The summed E-state index contributed by atoms with van der Waals surface area (Å²) in [6.07, 6.45) is 11.0. The number of nitrogens with zero attached hydrogens (tertiary/aromatic N) is 1. The molecule has 0 bridgehead atoms. The van der Waals surface area contributed by atoms with Gasteiger partial charge < -0.3 is 5.73 Å². The molecule has 1 aromatic rings. The summed E-state index contributed by atoms with van der Waals surface area (Å²) in [5.74, 6) is -0.416. The van der Waals surface area contributed by atoms with Gasteiger partial charge in [0.2, 0.25) is 5.91 Å². The smallest absolute Gasteiger partial charge is 0.248 e. The third-order valence-corrected chi connectivity index (χ3v) is 2.75. The van der Waals surface area contributed by atoms with E-state index in [-0.39, 0.29) is 0 Å². The fraction of sp³-hybridized carbons (Fsp3) is 0.308. The van der Waals surface area contributed by atoms with Crippen molar-refractivity contribution in [3.05, 3.63) is 96.8 Å². The molecule has 162 valence electrons. The summed E-state index contributed by atoms with van der Waals surface area (Å²) in [5.41, 5.74) is 7.68. The molecule has 0 aromatic heterocycles. The number of allylic oxidation sites excluding steroid dienone is 6. The summed E-state index contributed by atoms with van der Waals surface area (Å²) >= 11 is 0. The second-order valence-electron chi connectivity index (χ2n) is 4.42. The first-order valence-electron chi connectivity index (χ1n) is 10.2. The first-order valence-corrected chi connectivity index (χ1v) is 10.2. The van der Waals surface area contributed by atoms with Crippen molar-refractivity contribution in [2.75, 3.05) is 0 Å². The zero-order valence-electron chi connectivity index (χ0n) is 19.6. The molecular weight excluding hydrogens is 356 g/mol. The molecule has 2 N–H and O–H groups in total. The van der Waals surface area contributed by atoms with Crippen LogP contribution in [0.2, 0.25) is 0 Å². The van der Waals surface area contributed by atoms with E-state index in [9.17, 15) is 4.79 Å². The van der Waals surface area contributed by atoms with Crippen LogP contribution in [0.3, 0.4) is 0 Å². The van der Waals surface area contributed by atoms with Gasteiger partial charge >= 0.3 is 0 Å². The first-order chi connectivity index (χ1) is 14.1. The Morgan fingerprint density at radius 2 is 1.52 bits per heavy atom. The number of aliphatic imine (C=N–C) groups is 1. The van der Waals surface area contributed by atoms with Crippen LogP contribution in [-0.4, -0.2) is 12.6 Å². The Morgan fingerprint density at radius 1 is 1.00 bits per heavy atom. The van der Waals surface area contributed by atoms with E-state index in [1.165, 1.54) is 5.56 Å². The number of nitrogens with two attached hydrogens (primary N) is 1. The van der Waals surface area contributed by atoms with Gasteiger partial charge in [-0.3, -0.25) is 9.79 Å². The van der Waals surface area contributed by atoms with Crippen LogP contribution in [0.25, 0.3) is 0 Å². The topological polar surface area (TPSA) is 55.4 Å². The summed E-state index contributed by atoms with van der Waals surface area (Å²) in [6, 6.07) is 10.2. The second-order valence-corrected chi connectivity index (χ2v) is 4.42. The normalized spacial score (nSPS) is 9.62. The van der Waals surface area contributed by atoms with Gasteiger partial charge in [-0.1, -0.05) is 109 Å². The molecule has 1 aromatic carbocycles. The third-order valence-electron chi connectivity index (χ3n) is 2.75. The maximum absolute atomic E-state index is 10.5.